The fourth-order valence-corrected chi connectivity index (χ4v) is 3.11. The fourth-order valence-electron chi connectivity index (χ4n) is 2.52. The van der Waals surface area contributed by atoms with Gasteiger partial charge in [-0.1, -0.05) is 30.1 Å². The third-order valence-electron chi connectivity index (χ3n) is 3.80. The lowest BCUT2D eigenvalue weighted by atomic mass is 10.0. The molecule has 0 bridgehead atoms. The highest BCUT2D eigenvalue weighted by atomic mass is 35.5. The Hall–Kier alpha value is -0.480. The summed E-state index contributed by atoms with van der Waals surface area (Å²) in [4.78, 5) is 0. The summed E-state index contributed by atoms with van der Waals surface area (Å²) in [5.74, 6) is 0.711. The van der Waals surface area contributed by atoms with Crippen molar-refractivity contribution in [3.05, 3.63) is 27.7 Å². The molecule has 1 aliphatic heterocycles. The summed E-state index contributed by atoms with van der Waals surface area (Å²) in [7, 11) is 0. The van der Waals surface area contributed by atoms with Gasteiger partial charge in [0.15, 0.2) is 0 Å². The van der Waals surface area contributed by atoms with E-state index in [-0.39, 0.29) is 6.04 Å². The van der Waals surface area contributed by atoms with Crippen LogP contribution in [0.4, 0.5) is 0 Å². The number of halogens is 2. The first-order valence-corrected chi connectivity index (χ1v) is 8.33. The molecule has 0 radical (unpaired) electrons. The van der Waals surface area contributed by atoms with Crippen molar-refractivity contribution in [3.8, 4) is 5.75 Å². The lowest BCUT2D eigenvalue weighted by Gasteiger charge is -2.17. The first kappa shape index (κ1) is 16.9. The highest BCUT2D eigenvalue weighted by Gasteiger charge is 2.17. The van der Waals surface area contributed by atoms with Crippen molar-refractivity contribution < 1.29 is 9.47 Å². The van der Waals surface area contributed by atoms with E-state index in [4.69, 9.17) is 38.4 Å². The molecule has 0 saturated carbocycles. The van der Waals surface area contributed by atoms with Gasteiger partial charge < -0.3 is 15.2 Å². The molecule has 1 saturated heterocycles. The molecule has 1 aromatic carbocycles. The molecule has 1 heterocycles. The smallest absolute Gasteiger partial charge is 0.141 e. The lowest BCUT2D eigenvalue weighted by Crippen LogP contribution is -2.22. The minimum atomic E-state index is 0.0834. The van der Waals surface area contributed by atoms with Crippen molar-refractivity contribution in [2.75, 3.05) is 13.2 Å². The maximum absolute atomic E-state index is 6.28. The number of nitrogens with two attached hydrogens (primary N) is 1. The molecule has 3 nitrogen and oxygen atoms in total. The van der Waals surface area contributed by atoms with Gasteiger partial charge in [0.05, 0.1) is 17.7 Å². The monoisotopic (exact) mass is 331 g/mol. The third-order valence-corrected chi connectivity index (χ3v) is 4.30. The number of hydrogen-bond acceptors (Lipinski definition) is 3. The first-order valence-electron chi connectivity index (χ1n) is 7.58. The van der Waals surface area contributed by atoms with E-state index in [2.05, 4.69) is 6.92 Å². The van der Waals surface area contributed by atoms with E-state index in [1.165, 1.54) is 0 Å². The summed E-state index contributed by atoms with van der Waals surface area (Å²) < 4.78 is 11.5. The van der Waals surface area contributed by atoms with Crippen molar-refractivity contribution in [2.24, 2.45) is 5.73 Å². The van der Waals surface area contributed by atoms with Gasteiger partial charge in [0.1, 0.15) is 5.75 Å². The van der Waals surface area contributed by atoms with Gasteiger partial charge in [-0.2, -0.15) is 0 Å². The average Bonchev–Trinajstić information content (AvgIpc) is 2.94. The molecule has 2 rings (SSSR count). The summed E-state index contributed by atoms with van der Waals surface area (Å²) in [6.07, 6.45) is 5.08. The Morgan fingerprint density at radius 1 is 1.43 bits per heavy atom. The molecule has 1 aliphatic rings. The highest BCUT2D eigenvalue weighted by Crippen LogP contribution is 2.33. The van der Waals surface area contributed by atoms with Gasteiger partial charge >= 0.3 is 0 Å². The molecule has 2 atom stereocenters. The zero-order valence-electron chi connectivity index (χ0n) is 12.4. The van der Waals surface area contributed by atoms with E-state index in [0.29, 0.717) is 34.9 Å². The van der Waals surface area contributed by atoms with Gasteiger partial charge in [-0.15, -0.1) is 0 Å². The van der Waals surface area contributed by atoms with Gasteiger partial charge in [-0.05, 0) is 43.4 Å². The van der Waals surface area contributed by atoms with Crippen molar-refractivity contribution in [3.63, 3.8) is 0 Å². The minimum Gasteiger partial charge on any atom is -0.492 e. The van der Waals surface area contributed by atoms with E-state index in [9.17, 15) is 0 Å². The molecule has 0 aliphatic carbocycles. The SMILES string of the molecule is CCC(N)Cc1cc(Cl)cc(Cl)c1OCCC1CCCO1. The van der Waals surface area contributed by atoms with Gasteiger partial charge in [-0.25, -0.2) is 0 Å². The summed E-state index contributed by atoms with van der Waals surface area (Å²) >= 11 is 12.4. The Kier molecular flexibility index (Phi) is 6.62. The minimum absolute atomic E-state index is 0.0834. The Bertz CT molecular complexity index is 462. The van der Waals surface area contributed by atoms with Crippen LogP contribution in [0, 0.1) is 0 Å². The number of benzene rings is 1. The summed E-state index contributed by atoms with van der Waals surface area (Å²) in [5.41, 5.74) is 7.02. The van der Waals surface area contributed by atoms with E-state index in [1.54, 1.807) is 6.07 Å². The van der Waals surface area contributed by atoms with Gasteiger partial charge in [0, 0.05) is 24.1 Å². The first-order chi connectivity index (χ1) is 10.1. The van der Waals surface area contributed by atoms with E-state index in [1.807, 2.05) is 6.07 Å². The molecule has 118 valence electrons. The molecule has 0 amide bonds. The molecular weight excluding hydrogens is 309 g/mol. The van der Waals surface area contributed by atoms with Crippen LogP contribution in [-0.2, 0) is 11.2 Å². The molecule has 21 heavy (non-hydrogen) atoms. The Morgan fingerprint density at radius 3 is 2.90 bits per heavy atom. The summed E-state index contributed by atoms with van der Waals surface area (Å²) in [5, 5.41) is 1.16. The van der Waals surface area contributed by atoms with Crippen LogP contribution in [0.25, 0.3) is 0 Å². The molecule has 1 aromatic rings. The second-order valence-electron chi connectivity index (χ2n) is 5.52. The zero-order valence-corrected chi connectivity index (χ0v) is 13.9. The quantitative estimate of drug-likeness (QED) is 0.813. The van der Waals surface area contributed by atoms with Crippen LogP contribution in [0.15, 0.2) is 12.1 Å². The van der Waals surface area contributed by atoms with Gasteiger partial charge in [0.2, 0.25) is 0 Å². The van der Waals surface area contributed by atoms with E-state index < -0.39 is 0 Å². The van der Waals surface area contributed by atoms with Crippen molar-refractivity contribution >= 4 is 23.2 Å². The van der Waals surface area contributed by atoms with E-state index in [0.717, 1.165) is 37.9 Å². The maximum Gasteiger partial charge on any atom is 0.141 e. The van der Waals surface area contributed by atoms with E-state index >= 15 is 0 Å². The Labute approximate surface area is 136 Å². The predicted molar refractivity (Wildman–Crippen MR) is 87.5 cm³/mol. The Morgan fingerprint density at radius 2 is 2.24 bits per heavy atom. The van der Waals surface area contributed by atoms with Crippen LogP contribution < -0.4 is 10.5 Å². The lowest BCUT2D eigenvalue weighted by molar-refractivity contribution is 0.0902. The number of hydrogen-bond donors (Lipinski definition) is 1. The predicted octanol–water partition coefficient (Wildman–Crippen LogP) is 4.22. The standard InChI is InChI=1S/C16H23Cl2NO2/c1-2-13(19)9-11-8-12(17)10-15(18)16(11)21-7-5-14-4-3-6-20-14/h8,10,13-14H,2-7,9,19H2,1H3. The van der Waals surface area contributed by atoms with Crippen LogP contribution in [0.1, 0.15) is 38.2 Å². The molecular formula is C16H23Cl2NO2. The maximum atomic E-state index is 6.28. The average molecular weight is 332 g/mol. The number of ether oxygens (including phenoxy) is 2. The topological polar surface area (TPSA) is 44.5 Å². The van der Waals surface area contributed by atoms with Crippen LogP contribution in [0.2, 0.25) is 10.0 Å². The second-order valence-corrected chi connectivity index (χ2v) is 6.36. The normalized spacial score (nSPS) is 19.7. The van der Waals surface area contributed by atoms with Crippen LogP contribution >= 0.6 is 23.2 Å². The van der Waals surface area contributed by atoms with Gasteiger partial charge in [0.25, 0.3) is 0 Å². The Balaban J connectivity index is 2.01. The largest absolute Gasteiger partial charge is 0.492 e. The number of rotatable bonds is 7. The van der Waals surface area contributed by atoms with Gasteiger partial charge in [-0.3, -0.25) is 0 Å². The third kappa shape index (κ3) is 5.03. The van der Waals surface area contributed by atoms with Crippen molar-refractivity contribution in [1.29, 1.82) is 0 Å². The molecule has 0 aromatic heterocycles. The second kappa shape index (κ2) is 8.23. The summed E-state index contributed by atoms with van der Waals surface area (Å²) in [6.45, 7) is 3.53. The molecule has 5 heteroatoms. The van der Waals surface area contributed by atoms with Crippen LogP contribution in [0.3, 0.4) is 0 Å². The molecule has 1 fully saturated rings. The molecule has 2 unspecified atom stereocenters. The van der Waals surface area contributed by atoms with Crippen LogP contribution in [0.5, 0.6) is 5.75 Å². The van der Waals surface area contributed by atoms with Crippen LogP contribution in [-0.4, -0.2) is 25.4 Å². The highest BCUT2D eigenvalue weighted by molar-refractivity contribution is 6.35. The zero-order chi connectivity index (χ0) is 15.2. The van der Waals surface area contributed by atoms with Crippen molar-refractivity contribution in [2.45, 2.75) is 51.2 Å². The van der Waals surface area contributed by atoms with Crippen molar-refractivity contribution in [1.82, 2.24) is 0 Å². The molecule has 2 N–H and O–H groups in total. The molecule has 0 spiro atoms. The fraction of sp³-hybridized carbons (Fsp3) is 0.625. The summed E-state index contributed by atoms with van der Waals surface area (Å²) in [6, 6.07) is 3.69.